The summed E-state index contributed by atoms with van der Waals surface area (Å²) in [6, 6.07) is 15.7. The Kier molecular flexibility index (Phi) is 7.45. The maximum absolute atomic E-state index is 14.0. The second kappa shape index (κ2) is 10.8. The van der Waals surface area contributed by atoms with Crippen molar-refractivity contribution in [1.82, 2.24) is 19.7 Å². The van der Waals surface area contributed by atoms with Gasteiger partial charge in [-0.25, -0.2) is 4.79 Å². The Bertz CT molecular complexity index is 1310. The highest BCUT2D eigenvalue weighted by molar-refractivity contribution is 6.08. The molecule has 5 rings (SSSR count). The van der Waals surface area contributed by atoms with E-state index in [0.717, 1.165) is 46.6 Å². The number of aromatic nitrogens is 1. The summed E-state index contributed by atoms with van der Waals surface area (Å²) in [7, 11) is 1.68. The average molecular weight is 519 g/mol. The fourth-order valence-corrected chi connectivity index (χ4v) is 6.03. The molecule has 2 aromatic carbocycles. The van der Waals surface area contributed by atoms with Crippen molar-refractivity contribution in [2.75, 3.05) is 46.5 Å². The molecule has 0 bridgehead atoms. The van der Waals surface area contributed by atoms with Crippen LogP contribution in [0, 0.1) is 0 Å². The van der Waals surface area contributed by atoms with Crippen LogP contribution in [0.4, 0.5) is 4.79 Å². The molecule has 0 aliphatic carbocycles. The normalized spacial score (nSPS) is 20.9. The predicted molar refractivity (Wildman–Crippen MR) is 147 cm³/mol. The molecule has 1 fully saturated rings. The molecule has 8 nitrogen and oxygen atoms in total. The lowest BCUT2D eigenvalue weighted by molar-refractivity contribution is -0.133. The van der Waals surface area contributed by atoms with Crippen molar-refractivity contribution in [1.29, 1.82) is 0 Å². The summed E-state index contributed by atoms with van der Waals surface area (Å²) < 4.78 is 11.0. The second-order valence-corrected chi connectivity index (χ2v) is 10.4. The monoisotopic (exact) mass is 518 g/mol. The van der Waals surface area contributed by atoms with Crippen LogP contribution in [0.5, 0.6) is 5.75 Å². The number of nitrogens with zero attached hydrogens (tertiary/aromatic N) is 3. The molecule has 0 saturated carbocycles. The molecule has 202 valence electrons. The van der Waals surface area contributed by atoms with Crippen molar-refractivity contribution in [2.24, 2.45) is 0 Å². The van der Waals surface area contributed by atoms with E-state index in [9.17, 15) is 9.59 Å². The van der Waals surface area contributed by atoms with Crippen LogP contribution in [0.3, 0.4) is 0 Å². The minimum absolute atomic E-state index is 0.121. The van der Waals surface area contributed by atoms with E-state index < -0.39 is 5.54 Å². The minimum Gasteiger partial charge on any atom is -0.494 e. The van der Waals surface area contributed by atoms with Gasteiger partial charge in [0.25, 0.3) is 5.91 Å². The zero-order valence-corrected chi connectivity index (χ0v) is 22.8. The molecule has 8 heteroatoms. The number of urea groups is 1. The number of aromatic amines is 1. The number of benzene rings is 2. The highest BCUT2D eigenvalue weighted by Gasteiger charge is 2.59. The SMILES string of the molecule is CCOc1ccc2[nH]c3c(c2c1)C[C@@]1(C)C(=O)N(CCN(CC)CCOC)C(=O)N1C3Cc1ccccc1. The lowest BCUT2D eigenvalue weighted by Gasteiger charge is -2.42. The number of H-pyrrole nitrogens is 1. The van der Waals surface area contributed by atoms with Gasteiger partial charge in [0, 0.05) is 49.8 Å². The van der Waals surface area contributed by atoms with Gasteiger partial charge >= 0.3 is 6.03 Å². The Morgan fingerprint density at radius 1 is 1.11 bits per heavy atom. The summed E-state index contributed by atoms with van der Waals surface area (Å²) in [5.74, 6) is 0.685. The summed E-state index contributed by atoms with van der Waals surface area (Å²) in [6.07, 6.45) is 1.09. The summed E-state index contributed by atoms with van der Waals surface area (Å²) in [5.41, 5.74) is 3.27. The van der Waals surface area contributed by atoms with Crippen LogP contribution in [0.1, 0.15) is 43.6 Å². The van der Waals surface area contributed by atoms with Crippen molar-refractivity contribution >= 4 is 22.8 Å². The highest BCUT2D eigenvalue weighted by atomic mass is 16.5. The molecule has 3 aromatic rings. The van der Waals surface area contributed by atoms with Crippen LogP contribution in [0.15, 0.2) is 48.5 Å². The fourth-order valence-electron chi connectivity index (χ4n) is 6.03. The lowest BCUT2D eigenvalue weighted by atomic mass is 9.81. The zero-order valence-electron chi connectivity index (χ0n) is 22.8. The number of carbonyl (C=O) groups is 2. The Balaban J connectivity index is 1.53. The van der Waals surface area contributed by atoms with Crippen LogP contribution in [0.2, 0.25) is 0 Å². The average Bonchev–Trinajstić information content (AvgIpc) is 3.36. The molecule has 0 spiro atoms. The van der Waals surface area contributed by atoms with Crippen molar-refractivity contribution < 1.29 is 19.1 Å². The van der Waals surface area contributed by atoms with Gasteiger partial charge in [-0.3, -0.25) is 14.6 Å². The van der Waals surface area contributed by atoms with Gasteiger partial charge in [-0.05, 0) is 56.1 Å². The summed E-state index contributed by atoms with van der Waals surface area (Å²) in [6.45, 7) is 9.76. The number of imide groups is 1. The molecular formula is C30H38N4O4. The van der Waals surface area contributed by atoms with Crippen molar-refractivity contribution in [3.63, 3.8) is 0 Å². The summed E-state index contributed by atoms with van der Waals surface area (Å²) in [5, 5.41) is 1.06. The third-order valence-corrected chi connectivity index (χ3v) is 8.03. The summed E-state index contributed by atoms with van der Waals surface area (Å²) >= 11 is 0. The van der Waals surface area contributed by atoms with E-state index in [1.54, 1.807) is 7.11 Å². The van der Waals surface area contributed by atoms with Gasteiger partial charge in [0.05, 0.1) is 19.3 Å². The first kappa shape index (κ1) is 26.3. The molecule has 3 amide bonds. The molecule has 1 aromatic heterocycles. The van der Waals surface area contributed by atoms with Gasteiger partial charge in [-0.2, -0.15) is 0 Å². The van der Waals surface area contributed by atoms with Crippen LogP contribution in [-0.4, -0.2) is 83.7 Å². The number of hydrogen-bond donors (Lipinski definition) is 1. The third kappa shape index (κ3) is 4.56. The molecule has 0 radical (unpaired) electrons. The predicted octanol–water partition coefficient (Wildman–Crippen LogP) is 4.40. The Morgan fingerprint density at radius 2 is 1.89 bits per heavy atom. The van der Waals surface area contributed by atoms with E-state index >= 15 is 0 Å². The number of nitrogens with one attached hydrogen (secondary N) is 1. The number of hydrogen-bond acceptors (Lipinski definition) is 5. The molecule has 1 unspecified atom stereocenters. The smallest absolute Gasteiger partial charge is 0.328 e. The number of methoxy groups -OCH3 is 1. The molecule has 1 N–H and O–H groups in total. The Hall–Kier alpha value is -3.36. The number of fused-ring (bicyclic) bond motifs is 4. The molecule has 2 aliphatic rings. The zero-order chi connectivity index (χ0) is 26.9. The van der Waals surface area contributed by atoms with Crippen LogP contribution in [-0.2, 0) is 22.4 Å². The minimum atomic E-state index is -0.955. The Labute approximate surface area is 224 Å². The van der Waals surface area contributed by atoms with Gasteiger partial charge < -0.3 is 19.4 Å². The van der Waals surface area contributed by atoms with Gasteiger partial charge in [0.15, 0.2) is 0 Å². The number of carbonyl (C=O) groups excluding carboxylic acids is 2. The first-order valence-corrected chi connectivity index (χ1v) is 13.6. The van der Waals surface area contributed by atoms with Gasteiger partial charge in [-0.1, -0.05) is 37.3 Å². The van der Waals surface area contributed by atoms with Crippen LogP contribution >= 0.6 is 0 Å². The van der Waals surface area contributed by atoms with Crippen LogP contribution < -0.4 is 4.74 Å². The summed E-state index contributed by atoms with van der Waals surface area (Å²) in [4.78, 5) is 37.1. The standard InChI is InChI=1S/C30H38N4O4/c1-5-32(16-17-37-4)14-15-33-28(35)30(3)20-24-23-19-22(38-6-2)12-13-25(23)31-27(24)26(34(30)29(33)36)18-21-10-8-7-9-11-21/h7-13,19,26,31H,5-6,14-18,20H2,1-4H3/t26?,30-/m0/s1. The van der Waals surface area contributed by atoms with E-state index in [4.69, 9.17) is 9.47 Å². The van der Waals surface area contributed by atoms with Gasteiger partial charge in [0.2, 0.25) is 0 Å². The maximum atomic E-state index is 14.0. The Morgan fingerprint density at radius 3 is 2.61 bits per heavy atom. The van der Waals surface area contributed by atoms with Crippen LogP contribution in [0.25, 0.3) is 10.9 Å². The van der Waals surface area contributed by atoms with Crippen molar-refractivity contribution in [2.45, 2.75) is 45.2 Å². The highest BCUT2D eigenvalue weighted by Crippen LogP contribution is 2.47. The van der Waals surface area contributed by atoms with Crippen molar-refractivity contribution in [3.05, 3.63) is 65.4 Å². The molecule has 2 aliphatic heterocycles. The molecule has 38 heavy (non-hydrogen) atoms. The molecule has 3 heterocycles. The van der Waals surface area contributed by atoms with E-state index in [0.29, 0.717) is 39.1 Å². The number of amides is 3. The van der Waals surface area contributed by atoms with Crippen molar-refractivity contribution in [3.8, 4) is 5.75 Å². The molecule has 1 saturated heterocycles. The lowest BCUT2D eigenvalue weighted by Crippen LogP contribution is -2.53. The number of ether oxygens (including phenoxy) is 2. The first-order valence-electron chi connectivity index (χ1n) is 13.6. The fraction of sp³-hybridized carbons (Fsp3) is 0.467. The van der Waals surface area contributed by atoms with E-state index in [2.05, 4.69) is 35.0 Å². The van der Waals surface area contributed by atoms with E-state index in [1.165, 1.54) is 4.90 Å². The van der Waals surface area contributed by atoms with Gasteiger partial charge in [0.1, 0.15) is 11.3 Å². The quantitative estimate of drug-likeness (QED) is 0.381. The second-order valence-electron chi connectivity index (χ2n) is 10.4. The number of likely N-dealkylation sites (N-methyl/N-ethyl adjacent to an activating group) is 1. The van der Waals surface area contributed by atoms with Gasteiger partial charge in [-0.15, -0.1) is 0 Å². The topological polar surface area (TPSA) is 78.1 Å². The number of rotatable bonds is 11. The molecular weight excluding hydrogens is 480 g/mol. The molecule has 2 atom stereocenters. The largest absolute Gasteiger partial charge is 0.494 e. The van der Waals surface area contributed by atoms with E-state index in [-0.39, 0.29) is 18.0 Å². The maximum Gasteiger partial charge on any atom is 0.328 e. The first-order chi connectivity index (χ1) is 18.4. The third-order valence-electron chi connectivity index (χ3n) is 8.03. The van der Waals surface area contributed by atoms with E-state index in [1.807, 2.05) is 49.1 Å².